The molecule has 0 atom stereocenters. The Balaban J connectivity index is 2.33. The van der Waals surface area contributed by atoms with Crippen LogP contribution in [0.1, 0.15) is 25.1 Å². The highest BCUT2D eigenvalue weighted by Crippen LogP contribution is 2.18. The van der Waals surface area contributed by atoms with E-state index in [9.17, 15) is 8.42 Å². The van der Waals surface area contributed by atoms with Gasteiger partial charge < -0.3 is 10.1 Å². The van der Waals surface area contributed by atoms with E-state index in [1.54, 1.807) is 11.4 Å². The molecule has 0 radical (unpaired) electrons. The van der Waals surface area contributed by atoms with Gasteiger partial charge >= 0.3 is 0 Å². The first-order chi connectivity index (χ1) is 9.45. The molecule has 0 saturated carbocycles. The fourth-order valence-corrected chi connectivity index (χ4v) is 3.91. The number of hydrogen-bond donors (Lipinski definition) is 2. The number of thiophene rings is 1. The van der Waals surface area contributed by atoms with E-state index in [-0.39, 0.29) is 0 Å². The lowest BCUT2D eigenvalue weighted by molar-refractivity contribution is 0.108. The SMILES string of the molecule is CNCc1cc(S(=O)(=O)NCCCOCC(C)C)cs1. The summed E-state index contributed by atoms with van der Waals surface area (Å²) in [6.07, 6.45) is 0.680. The summed E-state index contributed by atoms with van der Waals surface area (Å²) in [5.74, 6) is 0.503. The van der Waals surface area contributed by atoms with Gasteiger partial charge in [0.2, 0.25) is 10.0 Å². The van der Waals surface area contributed by atoms with Gasteiger partial charge in [-0.1, -0.05) is 13.8 Å². The lowest BCUT2D eigenvalue weighted by Crippen LogP contribution is -2.25. The zero-order valence-electron chi connectivity index (χ0n) is 12.3. The maximum Gasteiger partial charge on any atom is 0.241 e. The lowest BCUT2D eigenvalue weighted by atomic mass is 10.2. The second-order valence-electron chi connectivity index (χ2n) is 5.00. The van der Waals surface area contributed by atoms with Crippen LogP contribution >= 0.6 is 11.3 Å². The third kappa shape index (κ3) is 6.32. The highest BCUT2D eigenvalue weighted by Gasteiger charge is 2.15. The molecule has 1 heterocycles. The van der Waals surface area contributed by atoms with Crippen LogP contribution < -0.4 is 10.0 Å². The number of ether oxygens (including phenoxy) is 1. The summed E-state index contributed by atoms with van der Waals surface area (Å²) in [6, 6.07) is 1.71. The first-order valence-electron chi connectivity index (χ1n) is 6.75. The van der Waals surface area contributed by atoms with E-state index in [1.165, 1.54) is 11.3 Å². The van der Waals surface area contributed by atoms with Crippen LogP contribution in [0.4, 0.5) is 0 Å². The van der Waals surface area contributed by atoms with Crippen LogP contribution in [-0.2, 0) is 21.3 Å². The van der Waals surface area contributed by atoms with Gasteiger partial charge in [0.05, 0.1) is 4.90 Å². The van der Waals surface area contributed by atoms with Crippen molar-refractivity contribution in [3.05, 3.63) is 16.3 Å². The number of sulfonamides is 1. The molecule has 1 aromatic rings. The van der Waals surface area contributed by atoms with Crippen LogP contribution in [-0.4, -0.2) is 35.2 Å². The fraction of sp³-hybridized carbons (Fsp3) is 0.692. The quantitative estimate of drug-likeness (QED) is 0.645. The molecule has 0 saturated heterocycles. The van der Waals surface area contributed by atoms with Gasteiger partial charge in [-0.05, 0) is 25.5 Å². The second-order valence-corrected chi connectivity index (χ2v) is 7.76. The summed E-state index contributed by atoms with van der Waals surface area (Å²) in [6.45, 7) is 6.55. The third-order valence-corrected chi connectivity index (χ3v) is 5.03. The highest BCUT2D eigenvalue weighted by atomic mass is 32.2. The number of rotatable bonds is 10. The summed E-state index contributed by atoms with van der Waals surface area (Å²) >= 11 is 1.45. The first kappa shape index (κ1) is 17.6. The topological polar surface area (TPSA) is 67.4 Å². The summed E-state index contributed by atoms with van der Waals surface area (Å²) in [7, 11) is -1.55. The Morgan fingerprint density at radius 3 is 2.80 bits per heavy atom. The number of hydrogen-bond acceptors (Lipinski definition) is 5. The molecule has 0 aliphatic carbocycles. The molecule has 116 valence electrons. The molecule has 0 bridgehead atoms. The van der Waals surface area contributed by atoms with Crippen molar-refractivity contribution in [3.8, 4) is 0 Å². The summed E-state index contributed by atoms with van der Waals surface area (Å²) < 4.78 is 32.1. The van der Waals surface area contributed by atoms with Gasteiger partial charge in [0, 0.05) is 36.6 Å². The highest BCUT2D eigenvalue weighted by molar-refractivity contribution is 7.89. The van der Waals surface area contributed by atoms with Crippen LogP contribution in [0.3, 0.4) is 0 Å². The molecule has 2 N–H and O–H groups in total. The molecule has 0 fully saturated rings. The Hall–Kier alpha value is -0.470. The van der Waals surface area contributed by atoms with Crippen molar-refractivity contribution < 1.29 is 13.2 Å². The molecule has 0 aromatic carbocycles. The molecule has 7 heteroatoms. The van der Waals surface area contributed by atoms with Crippen molar-refractivity contribution in [1.29, 1.82) is 0 Å². The van der Waals surface area contributed by atoms with Gasteiger partial charge in [0.25, 0.3) is 0 Å². The van der Waals surface area contributed by atoms with E-state index in [0.717, 1.165) is 4.88 Å². The molecule has 1 aromatic heterocycles. The minimum Gasteiger partial charge on any atom is -0.381 e. The minimum atomic E-state index is -3.38. The molecule has 5 nitrogen and oxygen atoms in total. The van der Waals surface area contributed by atoms with Gasteiger partial charge in [-0.15, -0.1) is 11.3 Å². The molecular weight excluding hydrogens is 296 g/mol. The Morgan fingerprint density at radius 1 is 1.40 bits per heavy atom. The van der Waals surface area contributed by atoms with Crippen LogP contribution in [0, 0.1) is 5.92 Å². The fourth-order valence-electron chi connectivity index (χ4n) is 1.55. The average molecular weight is 320 g/mol. The molecule has 1 rings (SSSR count). The van der Waals surface area contributed by atoms with Crippen molar-refractivity contribution in [2.45, 2.75) is 31.7 Å². The van der Waals surface area contributed by atoms with Crippen LogP contribution in [0.5, 0.6) is 0 Å². The largest absolute Gasteiger partial charge is 0.381 e. The first-order valence-corrected chi connectivity index (χ1v) is 9.11. The number of nitrogens with one attached hydrogen (secondary N) is 2. The maximum absolute atomic E-state index is 12.0. The van der Waals surface area contributed by atoms with E-state index in [0.29, 0.717) is 43.5 Å². The molecular formula is C13H24N2O3S2. The standard InChI is InChI=1S/C13H24N2O3S2/c1-11(2)9-18-6-4-5-15-20(16,17)13-7-12(8-14-3)19-10-13/h7,10-11,14-15H,4-6,8-9H2,1-3H3. The smallest absolute Gasteiger partial charge is 0.241 e. The van der Waals surface area contributed by atoms with Gasteiger partial charge in [-0.2, -0.15) is 0 Å². The lowest BCUT2D eigenvalue weighted by Gasteiger charge is -2.07. The van der Waals surface area contributed by atoms with Crippen LogP contribution in [0.25, 0.3) is 0 Å². The summed E-state index contributed by atoms with van der Waals surface area (Å²) in [5, 5.41) is 4.67. The summed E-state index contributed by atoms with van der Waals surface area (Å²) in [4.78, 5) is 1.35. The maximum atomic E-state index is 12.0. The van der Waals surface area contributed by atoms with Crippen molar-refractivity contribution in [2.75, 3.05) is 26.8 Å². The minimum absolute atomic E-state index is 0.343. The van der Waals surface area contributed by atoms with Crippen molar-refractivity contribution in [2.24, 2.45) is 5.92 Å². The molecule has 0 aliphatic rings. The van der Waals surface area contributed by atoms with E-state index in [4.69, 9.17) is 4.74 Å². The molecule has 0 spiro atoms. The average Bonchev–Trinajstić information content (AvgIpc) is 2.83. The zero-order valence-corrected chi connectivity index (χ0v) is 13.9. The van der Waals surface area contributed by atoms with Gasteiger partial charge in [0.15, 0.2) is 0 Å². The molecule has 0 unspecified atom stereocenters. The van der Waals surface area contributed by atoms with Gasteiger partial charge in [-0.25, -0.2) is 13.1 Å². The van der Waals surface area contributed by atoms with Gasteiger partial charge in [0.1, 0.15) is 0 Å². The Bertz CT molecular complexity index is 484. The second kappa shape index (κ2) is 8.74. The zero-order chi connectivity index (χ0) is 15.0. The molecule has 0 amide bonds. The monoisotopic (exact) mass is 320 g/mol. The van der Waals surface area contributed by atoms with Crippen molar-refractivity contribution in [3.63, 3.8) is 0 Å². The normalized spacial score (nSPS) is 12.2. The van der Waals surface area contributed by atoms with Crippen LogP contribution in [0.15, 0.2) is 16.3 Å². The summed E-state index contributed by atoms with van der Waals surface area (Å²) in [5.41, 5.74) is 0. The van der Waals surface area contributed by atoms with Crippen LogP contribution in [0.2, 0.25) is 0 Å². The molecule has 20 heavy (non-hydrogen) atoms. The van der Waals surface area contributed by atoms with Crippen molar-refractivity contribution >= 4 is 21.4 Å². The predicted molar refractivity (Wildman–Crippen MR) is 82.5 cm³/mol. The van der Waals surface area contributed by atoms with Crippen molar-refractivity contribution in [1.82, 2.24) is 10.0 Å². The Morgan fingerprint density at radius 2 is 2.15 bits per heavy atom. The third-order valence-electron chi connectivity index (χ3n) is 2.50. The van der Waals surface area contributed by atoms with E-state index in [2.05, 4.69) is 23.9 Å². The van der Waals surface area contributed by atoms with E-state index >= 15 is 0 Å². The molecule has 0 aliphatic heterocycles. The Kier molecular flexibility index (Phi) is 7.68. The predicted octanol–water partition coefficient (Wildman–Crippen LogP) is 1.81. The Labute approximate surface area is 125 Å². The van der Waals surface area contributed by atoms with E-state index < -0.39 is 10.0 Å². The van der Waals surface area contributed by atoms with E-state index in [1.807, 2.05) is 7.05 Å². The van der Waals surface area contributed by atoms with Gasteiger partial charge in [-0.3, -0.25) is 0 Å².